The van der Waals surface area contributed by atoms with Crippen molar-refractivity contribution in [1.82, 2.24) is 9.97 Å². The van der Waals surface area contributed by atoms with E-state index in [1.165, 1.54) is 6.07 Å². The number of hydrogen-bond acceptors (Lipinski definition) is 3. The van der Waals surface area contributed by atoms with Gasteiger partial charge in [-0.25, -0.2) is 14.4 Å². The summed E-state index contributed by atoms with van der Waals surface area (Å²) in [7, 11) is 0. The second kappa shape index (κ2) is 4.26. The van der Waals surface area contributed by atoms with Gasteiger partial charge in [-0.1, -0.05) is 0 Å². The molecule has 2 rings (SSSR count). The number of halogens is 1. The molecule has 0 aliphatic carbocycles. The zero-order valence-corrected chi connectivity index (χ0v) is 9.16. The van der Waals surface area contributed by atoms with Gasteiger partial charge in [0, 0.05) is 11.9 Å². The molecule has 2 aromatic rings. The molecule has 0 aliphatic rings. The maximum Gasteiger partial charge on any atom is 0.134 e. The van der Waals surface area contributed by atoms with E-state index in [1.807, 2.05) is 6.92 Å². The first-order chi connectivity index (χ1) is 7.65. The summed E-state index contributed by atoms with van der Waals surface area (Å²) in [4.78, 5) is 8.21. The van der Waals surface area contributed by atoms with Gasteiger partial charge in [0.2, 0.25) is 0 Å². The molecule has 0 saturated carbocycles. The standard InChI is InChI=1S/C12H12FN3/c1-8-7-10(3-4-11(8)13)16-12-5-6-14-9(2)15-12/h3-7H,1-2H3,(H,14,15,16). The highest BCUT2D eigenvalue weighted by Gasteiger charge is 2.00. The molecule has 3 nitrogen and oxygen atoms in total. The SMILES string of the molecule is Cc1nccc(Nc2ccc(F)c(C)c2)n1. The van der Waals surface area contributed by atoms with Gasteiger partial charge in [-0.2, -0.15) is 0 Å². The summed E-state index contributed by atoms with van der Waals surface area (Å²) in [5.74, 6) is 1.20. The molecule has 1 heterocycles. The van der Waals surface area contributed by atoms with Crippen LogP contribution in [-0.2, 0) is 0 Å². The molecule has 0 amide bonds. The van der Waals surface area contributed by atoms with Gasteiger partial charge in [-0.05, 0) is 43.7 Å². The molecule has 16 heavy (non-hydrogen) atoms. The van der Waals surface area contributed by atoms with Crippen LogP contribution in [0.3, 0.4) is 0 Å². The van der Waals surface area contributed by atoms with Gasteiger partial charge in [0.05, 0.1) is 0 Å². The molecular formula is C12H12FN3. The minimum absolute atomic E-state index is 0.204. The molecule has 0 fully saturated rings. The molecule has 0 spiro atoms. The van der Waals surface area contributed by atoms with Gasteiger partial charge in [-0.3, -0.25) is 0 Å². The highest BCUT2D eigenvalue weighted by Crippen LogP contribution is 2.17. The minimum atomic E-state index is -0.204. The maximum absolute atomic E-state index is 13.0. The predicted molar refractivity (Wildman–Crippen MR) is 61.2 cm³/mol. The molecule has 0 unspecified atom stereocenters. The van der Waals surface area contributed by atoms with Crippen molar-refractivity contribution in [3.8, 4) is 0 Å². The summed E-state index contributed by atoms with van der Waals surface area (Å²) in [5.41, 5.74) is 1.42. The molecule has 82 valence electrons. The van der Waals surface area contributed by atoms with E-state index in [4.69, 9.17) is 0 Å². The van der Waals surface area contributed by atoms with E-state index in [2.05, 4.69) is 15.3 Å². The van der Waals surface area contributed by atoms with Gasteiger partial charge in [-0.15, -0.1) is 0 Å². The van der Waals surface area contributed by atoms with Crippen molar-refractivity contribution in [2.45, 2.75) is 13.8 Å². The Morgan fingerprint density at radius 1 is 1.19 bits per heavy atom. The first kappa shape index (κ1) is 10.5. The van der Waals surface area contributed by atoms with Crippen LogP contribution in [0.25, 0.3) is 0 Å². The van der Waals surface area contributed by atoms with E-state index < -0.39 is 0 Å². The molecule has 0 radical (unpaired) electrons. The average molecular weight is 217 g/mol. The number of nitrogens with zero attached hydrogens (tertiary/aromatic N) is 2. The Morgan fingerprint density at radius 3 is 2.69 bits per heavy atom. The third kappa shape index (κ3) is 2.34. The maximum atomic E-state index is 13.0. The van der Waals surface area contributed by atoms with Crippen LogP contribution < -0.4 is 5.32 Å². The highest BCUT2D eigenvalue weighted by molar-refractivity contribution is 5.56. The Balaban J connectivity index is 2.24. The summed E-state index contributed by atoms with van der Waals surface area (Å²) >= 11 is 0. The van der Waals surface area contributed by atoms with Crippen molar-refractivity contribution in [3.05, 3.63) is 47.7 Å². The number of aryl methyl sites for hydroxylation is 2. The molecule has 0 atom stereocenters. The van der Waals surface area contributed by atoms with E-state index in [1.54, 1.807) is 31.3 Å². The van der Waals surface area contributed by atoms with Crippen molar-refractivity contribution >= 4 is 11.5 Å². The lowest BCUT2D eigenvalue weighted by molar-refractivity contribution is 0.619. The molecule has 0 aliphatic heterocycles. The fourth-order valence-electron chi connectivity index (χ4n) is 1.40. The van der Waals surface area contributed by atoms with E-state index >= 15 is 0 Å². The lowest BCUT2D eigenvalue weighted by Crippen LogP contribution is -1.97. The summed E-state index contributed by atoms with van der Waals surface area (Å²) < 4.78 is 13.0. The van der Waals surface area contributed by atoms with E-state index in [-0.39, 0.29) is 5.82 Å². The summed E-state index contributed by atoms with van der Waals surface area (Å²) in [5, 5.41) is 3.10. The van der Waals surface area contributed by atoms with Crippen LogP contribution in [0.5, 0.6) is 0 Å². The molecule has 1 aromatic heterocycles. The van der Waals surface area contributed by atoms with Gasteiger partial charge in [0.1, 0.15) is 17.5 Å². The van der Waals surface area contributed by atoms with Crippen LogP contribution in [-0.4, -0.2) is 9.97 Å². The normalized spacial score (nSPS) is 10.2. The molecule has 0 bridgehead atoms. The largest absolute Gasteiger partial charge is 0.340 e. The molecule has 0 saturated heterocycles. The van der Waals surface area contributed by atoms with Crippen LogP contribution in [0.4, 0.5) is 15.9 Å². The number of rotatable bonds is 2. The Labute approximate surface area is 93.4 Å². The summed E-state index contributed by atoms with van der Waals surface area (Å²) in [6, 6.07) is 6.63. The fraction of sp³-hybridized carbons (Fsp3) is 0.167. The van der Waals surface area contributed by atoms with Crippen molar-refractivity contribution < 1.29 is 4.39 Å². The first-order valence-electron chi connectivity index (χ1n) is 4.98. The predicted octanol–water partition coefficient (Wildman–Crippen LogP) is 2.98. The van der Waals surface area contributed by atoms with Crippen LogP contribution >= 0.6 is 0 Å². The van der Waals surface area contributed by atoms with Crippen molar-refractivity contribution in [3.63, 3.8) is 0 Å². The van der Waals surface area contributed by atoms with Gasteiger partial charge in [0.15, 0.2) is 0 Å². The zero-order chi connectivity index (χ0) is 11.5. The lowest BCUT2D eigenvalue weighted by atomic mass is 10.2. The highest BCUT2D eigenvalue weighted by atomic mass is 19.1. The quantitative estimate of drug-likeness (QED) is 0.840. The number of aromatic nitrogens is 2. The first-order valence-corrected chi connectivity index (χ1v) is 4.98. The third-order valence-corrected chi connectivity index (χ3v) is 2.21. The topological polar surface area (TPSA) is 37.8 Å². The van der Waals surface area contributed by atoms with Crippen LogP contribution in [0.1, 0.15) is 11.4 Å². The second-order valence-electron chi connectivity index (χ2n) is 3.58. The Bertz CT molecular complexity index is 511. The van der Waals surface area contributed by atoms with Crippen LogP contribution in [0.2, 0.25) is 0 Å². The van der Waals surface area contributed by atoms with E-state index in [0.29, 0.717) is 17.2 Å². The van der Waals surface area contributed by atoms with E-state index in [9.17, 15) is 4.39 Å². The Morgan fingerprint density at radius 2 is 2.00 bits per heavy atom. The lowest BCUT2D eigenvalue weighted by Gasteiger charge is -2.06. The molecule has 4 heteroatoms. The Kier molecular flexibility index (Phi) is 2.81. The molecule has 1 aromatic carbocycles. The summed E-state index contributed by atoms with van der Waals surface area (Å²) in [6.07, 6.45) is 1.68. The second-order valence-corrected chi connectivity index (χ2v) is 3.58. The Hall–Kier alpha value is -1.97. The van der Waals surface area contributed by atoms with Gasteiger partial charge in [0.25, 0.3) is 0 Å². The van der Waals surface area contributed by atoms with Gasteiger partial charge < -0.3 is 5.32 Å². The smallest absolute Gasteiger partial charge is 0.134 e. The zero-order valence-electron chi connectivity index (χ0n) is 9.16. The third-order valence-electron chi connectivity index (χ3n) is 2.21. The minimum Gasteiger partial charge on any atom is -0.340 e. The fourth-order valence-corrected chi connectivity index (χ4v) is 1.40. The number of benzene rings is 1. The van der Waals surface area contributed by atoms with Gasteiger partial charge >= 0.3 is 0 Å². The monoisotopic (exact) mass is 217 g/mol. The number of anilines is 2. The average Bonchev–Trinajstić information content (AvgIpc) is 2.24. The van der Waals surface area contributed by atoms with Crippen LogP contribution in [0, 0.1) is 19.7 Å². The number of hydrogen-bond donors (Lipinski definition) is 1. The molecular weight excluding hydrogens is 205 g/mol. The van der Waals surface area contributed by atoms with Crippen molar-refractivity contribution in [2.75, 3.05) is 5.32 Å². The van der Waals surface area contributed by atoms with Crippen molar-refractivity contribution in [1.29, 1.82) is 0 Å². The summed E-state index contributed by atoms with van der Waals surface area (Å²) in [6.45, 7) is 3.55. The van der Waals surface area contributed by atoms with Crippen LogP contribution in [0.15, 0.2) is 30.5 Å². The number of nitrogens with one attached hydrogen (secondary N) is 1. The van der Waals surface area contributed by atoms with Crippen molar-refractivity contribution in [2.24, 2.45) is 0 Å². The van der Waals surface area contributed by atoms with E-state index in [0.717, 1.165) is 5.69 Å². The molecule has 1 N–H and O–H groups in total.